The molecule has 1 aromatic rings. The molecule has 1 aliphatic heterocycles. The summed E-state index contributed by atoms with van der Waals surface area (Å²) in [6.45, 7) is 2.61. The lowest BCUT2D eigenvalue weighted by Crippen LogP contribution is -2.10. The second kappa shape index (κ2) is 5.94. The minimum Gasteiger partial charge on any atom is -0.493 e. The van der Waals surface area contributed by atoms with Crippen LogP contribution < -0.4 is 4.74 Å². The van der Waals surface area contributed by atoms with E-state index in [1.54, 1.807) is 0 Å². The molecule has 1 unspecified atom stereocenters. The molecule has 0 aliphatic carbocycles. The Hall–Kier alpha value is -1.19. The summed E-state index contributed by atoms with van der Waals surface area (Å²) in [5, 5.41) is 14.1. The zero-order valence-electron chi connectivity index (χ0n) is 9.91. The van der Waals surface area contributed by atoms with E-state index < -0.39 is 10.9 Å². The molecule has 17 heavy (non-hydrogen) atoms. The number of benzene rings is 1. The Labute approximate surface area is 105 Å². The summed E-state index contributed by atoms with van der Waals surface area (Å²) in [6.07, 6.45) is 4.67. The van der Waals surface area contributed by atoms with Crippen molar-refractivity contribution in [3.63, 3.8) is 0 Å². The van der Waals surface area contributed by atoms with E-state index in [2.05, 4.69) is 17.7 Å². The highest BCUT2D eigenvalue weighted by Crippen LogP contribution is 2.38. The maximum atomic E-state index is 9.92. The minimum atomic E-state index is -0.478. The molecule has 0 radical (unpaired) electrons. The van der Waals surface area contributed by atoms with Gasteiger partial charge >= 0.3 is 0 Å². The van der Waals surface area contributed by atoms with Crippen molar-refractivity contribution in [1.82, 2.24) is 0 Å². The third-order valence-electron chi connectivity index (χ3n) is 2.64. The molecule has 0 spiro atoms. The van der Waals surface area contributed by atoms with Crippen molar-refractivity contribution in [2.45, 2.75) is 18.8 Å². The van der Waals surface area contributed by atoms with E-state index in [-0.39, 0.29) is 5.44 Å². The van der Waals surface area contributed by atoms with Gasteiger partial charge in [0.05, 0.1) is 12.0 Å². The zero-order valence-corrected chi connectivity index (χ0v) is 10.8. The van der Waals surface area contributed by atoms with E-state index in [0.29, 0.717) is 13.0 Å². The number of hydrogen-bond donors (Lipinski definition) is 2. The monoisotopic (exact) mass is 250 g/mol. The Kier molecular flexibility index (Phi) is 4.29. The average molecular weight is 250 g/mol. The lowest BCUT2D eigenvalue weighted by Gasteiger charge is -2.18. The molecule has 0 saturated carbocycles. The highest BCUT2D eigenvalue weighted by Gasteiger charge is 2.11. The molecular weight excluding hydrogens is 232 g/mol. The van der Waals surface area contributed by atoms with Gasteiger partial charge < -0.3 is 9.84 Å². The van der Waals surface area contributed by atoms with Crippen LogP contribution in [0.25, 0.3) is 0 Å². The van der Waals surface area contributed by atoms with E-state index in [1.165, 1.54) is 5.56 Å². The molecule has 0 bridgehead atoms. The van der Waals surface area contributed by atoms with Crippen molar-refractivity contribution in [3.8, 4) is 5.75 Å². The van der Waals surface area contributed by atoms with Gasteiger partial charge in [0.25, 0.3) is 0 Å². The molecule has 2 rings (SSSR count). The Morgan fingerprint density at radius 2 is 1.82 bits per heavy atom. The van der Waals surface area contributed by atoms with Crippen molar-refractivity contribution in [3.05, 3.63) is 52.8 Å². The normalized spacial score (nSPS) is 17.4. The summed E-state index contributed by atoms with van der Waals surface area (Å²) < 4.78 is 5.59. The molecule has 0 aromatic heterocycles. The Balaban J connectivity index is 1.74. The second-order valence-corrected chi connectivity index (χ2v) is 6.15. The van der Waals surface area contributed by atoms with Crippen LogP contribution in [0.4, 0.5) is 0 Å². The van der Waals surface area contributed by atoms with Crippen LogP contribution in [-0.2, 0) is 0 Å². The Morgan fingerprint density at radius 3 is 2.47 bits per heavy atom. The van der Waals surface area contributed by atoms with Crippen LogP contribution in [-0.4, -0.2) is 17.1 Å². The van der Waals surface area contributed by atoms with Crippen molar-refractivity contribution < 1.29 is 9.84 Å². The van der Waals surface area contributed by atoms with Crippen LogP contribution in [0.15, 0.2) is 47.2 Å². The first-order valence-electron chi connectivity index (χ1n) is 5.76. The summed E-state index contributed by atoms with van der Waals surface area (Å²) in [5.74, 6) is 0.869. The summed E-state index contributed by atoms with van der Waals surface area (Å²) in [7, 11) is -0.478. The molecule has 1 aliphatic rings. The topological polar surface area (TPSA) is 29.5 Å². The lowest BCUT2D eigenvalue weighted by atomic mass is 10.2. The molecule has 1 atom stereocenters. The Bertz CT molecular complexity index is 397. The SMILES string of the molecule is Cc1ccc(OCCC(O)[SH]2C=CC=C2)cc1. The van der Waals surface area contributed by atoms with Crippen LogP contribution >= 0.6 is 10.9 Å². The fourth-order valence-electron chi connectivity index (χ4n) is 1.61. The van der Waals surface area contributed by atoms with Crippen LogP contribution in [0.1, 0.15) is 12.0 Å². The van der Waals surface area contributed by atoms with Gasteiger partial charge in [-0.3, -0.25) is 0 Å². The molecule has 3 heteroatoms. The van der Waals surface area contributed by atoms with E-state index in [9.17, 15) is 5.11 Å². The van der Waals surface area contributed by atoms with Crippen molar-refractivity contribution in [2.24, 2.45) is 0 Å². The summed E-state index contributed by atoms with van der Waals surface area (Å²) in [6, 6.07) is 7.97. The van der Waals surface area contributed by atoms with E-state index in [4.69, 9.17) is 4.74 Å². The van der Waals surface area contributed by atoms with Crippen LogP contribution in [0.2, 0.25) is 0 Å². The first-order chi connectivity index (χ1) is 8.25. The van der Waals surface area contributed by atoms with Crippen LogP contribution in [0.3, 0.4) is 0 Å². The highest BCUT2D eigenvalue weighted by molar-refractivity contribution is 8.22. The lowest BCUT2D eigenvalue weighted by molar-refractivity contribution is 0.208. The van der Waals surface area contributed by atoms with Gasteiger partial charge in [0, 0.05) is 6.42 Å². The first kappa shape index (κ1) is 12.3. The number of ether oxygens (including phenoxy) is 1. The minimum absolute atomic E-state index is 0.287. The summed E-state index contributed by atoms with van der Waals surface area (Å²) >= 11 is 0. The molecule has 0 saturated heterocycles. The number of aliphatic hydroxyl groups is 1. The summed E-state index contributed by atoms with van der Waals surface area (Å²) in [4.78, 5) is 0. The van der Waals surface area contributed by atoms with Gasteiger partial charge in [0.1, 0.15) is 5.75 Å². The number of hydrogen-bond acceptors (Lipinski definition) is 2. The molecular formula is C14H18O2S. The summed E-state index contributed by atoms with van der Waals surface area (Å²) in [5.41, 5.74) is 0.938. The van der Waals surface area contributed by atoms with Gasteiger partial charge in [-0.15, -0.1) is 0 Å². The predicted octanol–water partition coefficient (Wildman–Crippen LogP) is 3.12. The zero-order chi connectivity index (χ0) is 12.1. The predicted molar refractivity (Wildman–Crippen MR) is 74.6 cm³/mol. The number of aryl methyl sites for hydroxylation is 1. The van der Waals surface area contributed by atoms with Crippen molar-refractivity contribution in [1.29, 1.82) is 0 Å². The van der Waals surface area contributed by atoms with Crippen LogP contribution in [0.5, 0.6) is 5.75 Å². The van der Waals surface area contributed by atoms with Gasteiger partial charge in [-0.25, -0.2) is 0 Å². The Morgan fingerprint density at radius 1 is 1.18 bits per heavy atom. The van der Waals surface area contributed by atoms with E-state index in [1.807, 2.05) is 36.4 Å². The number of rotatable bonds is 5. The molecule has 2 nitrogen and oxygen atoms in total. The smallest absolute Gasteiger partial charge is 0.119 e. The van der Waals surface area contributed by atoms with Gasteiger partial charge in [-0.1, -0.05) is 29.8 Å². The molecule has 1 heterocycles. The maximum Gasteiger partial charge on any atom is 0.119 e. The third kappa shape index (κ3) is 3.65. The quantitative estimate of drug-likeness (QED) is 0.786. The molecule has 0 amide bonds. The molecule has 1 aromatic carbocycles. The third-order valence-corrected chi connectivity index (χ3v) is 4.62. The average Bonchev–Trinajstić information content (AvgIpc) is 2.85. The van der Waals surface area contributed by atoms with Crippen molar-refractivity contribution >= 4 is 10.9 Å². The largest absolute Gasteiger partial charge is 0.493 e. The van der Waals surface area contributed by atoms with Crippen LogP contribution in [0, 0.1) is 6.92 Å². The highest BCUT2D eigenvalue weighted by atomic mass is 32.2. The van der Waals surface area contributed by atoms with Gasteiger partial charge in [0.2, 0.25) is 0 Å². The number of allylic oxidation sites excluding steroid dienone is 2. The van der Waals surface area contributed by atoms with Gasteiger partial charge in [-0.2, -0.15) is 10.9 Å². The van der Waals surface area contributed by atoms with Gasteiger partial charge in [0.15, 0.2) is 0 Å². The standard InChI is InChI=1S/C14H18O2S/c1-12-4-6-13(7-5-12)16-9-8-14(15)17-10-2-3-11-17/h2-7,10-11,14-15,17H,8-9H2,1H3. The number of thiol groups is 1. The fraction of sp³-hybridized carbons (Fsp3) is 0.286. The van der Waals surface area contributed by atoms with E-state index in [0.717, 1.165) is 5.75 Å². The molecule has 92 valence electrons. The van der Waals surface area contributed by atoms with E-state index >= 15 is 0 Å². The molecule has 0 fully saturated rings. The maximum absolute atomic E-state index is 9.92. The first-order valence-corrected chi connectivity index (χ1v) is 7.30. The second-order valence-electron chi connectivity index (χ2n) is 4.06. The molecule has 1 N–H and O–H groups in total. The number of aliphatic hydroxyl groups excluding tert-OH is 1. The van der Waals surface area contributed by atoms with Crippen molar-refractivity contribution in [2.75, 3.05) is 6.61 Å². The van der Waals surface area contributed by atoms with Gasteiger partial charge in [-0.05, 0) is 29.9 Å². The fourth-order valence-corrected chi connectivity index (χ4v) is 3.11.